The topological polar surface area (TPSA) is 79.1 Å². The van der Waals surface area contributed by atoms with Crippen LogP contribution in [0.5, 0.6) is 0 Å². The molecule has 0 unspecified atom stereocenters. The Bertz CT molecular complexity index is 506. The molecule has 0 spiro atoms. The molecule has 0 saturated carbocycles. The summed E-state index contributed by atoms with van der Waals surface area (Å²) in [5, 5.41) is 9.34. The van der Waals surface area contributed by atoms with Crippen LogP contribution in [0.25, 0.3) is 10.9 Å². The van der Waals surface area contributed by atoms with Crippen LogP contribution in [0, 0.1) is 0 Å². The second kappa shape index (κ2) is 8.32. The molecule has 0 atom stereocenters. The Morgan fingerprint density at radius 1 is 1.37 bits per heavy atom. The van der Waals surface area contributed by atoms with Crippen LogP contribution in [0.3, 0.4) is 0 Å². The lowest BCUT2D eigenvalue weighted by molar-refractivity contribution is -0.137. The molecule has 2 aromatic rings. The van der Waals surface area contributed by atoms with Gasteiger partial charge in [0.05, 0.1) is 0 Å². The van der Waals surface area contributed by atoms with Crippen molar-refractivity contribution in [3.63, 3.8) is 0 Å². The molecule has 0 radical (unpaired) electrons. The van der Waals surface area contributed by atoms with Crippen molar-refractivity contribution in [3.05, 3.63) is 36.0 Å². The van der Waals surface area contributed by atoms with Gasteiger partial charge in [-0.25, -0.2) is 0 Å². The van der Waals surface area contributed by atoms with Crippen molar-refractivity contribution in [2.75, 3.05) is 6.54 Å². The monoisotopic (exact) mass is 262 g/mol. The lowest BCUT2D eigenvalue weighted by Crippen LogP contribution is -2.01. The predicted molar refractivity (Wildman–Crippen MR) is 78.2 cm³/mol. The van der Waals surface area contributed by atoms with E-state index in [1.54, 1.807) is 0 Å². The average molecular weight is 262 g/mol. The summed E-state index contributed by atoms with van der Waals surface area (Å²) in [6, 6.07) is 8.29. The van der Waals surface area contributed by atoms with E-state index in [9.17, 15) is 4.79 Å². The van der Waals surface area contributed by atoms with Crippen LogP contribution < -0.4 is 5.73 Å². The first-order valence-corrected chi connectivity index (χ1v) is 6.65. The maximum absolute atomic E-state index is 9.76. The van der Waals surface area contributed by atoms with E-state index in [2.05, 4.69) is 23.2 Å². The van der Waals surface area contributed by atoms with Gasteiger partial charge in [0.25, 0.3) is 0 Å². The lowest BCUT2D eigenvalue weighted by atomic mass is 10.1. The van der Waals surface area contributed by atoms with Crippen LogP contribution in [-0.2, 0) is 11.2 Å². The second-order valence-electron chi connectivity index (χ2n) is 4.40. The Kier molecular flexibility index (Phi) is 6.68. The van der Waals surface area contributed by atoms with Gasteiger partial charge in [0, 0.05) is 23.5 Å². The normalized spacial score (nSPS) is 10.0. The molecule has 0 aliphatic rings. The lowest BCUT2D eigenvalue weighted by Gasteiger charge is -1.93. The summed E-state index contributed by atoms with van der Waals surface area (Å²) in [5.41, 5.74) is 8.01. The van der Waals surface area contributed by atoms with Crippen molar-refractivity contribution in [3.8, 4) is 0 Å². The number of carboxylic acids is 1. The number of nitrogens with one attached hydrogen (secondary N) is 1. The molecule has 1 aromatic heterocycles. The Morgan fingerprint density at radius 2 is 2.11 bits per heavy atom. The summed E-state index contributed by atoms with van der Waals surface area (Å²) in [7, 11) is 0. The Morgan fingerprint density at radius 3 is 2.68 bits per heavy atom. The minimum atomic E-state index is -0.693. The van der Waals surface area contributed by atoms with Gasteiger partial charge in [-0.15, -0.1) is 0 Å². The van der Waals surface area contributed by atoms with E-state index in [1.165, 1.54) is 16.5 Å². The van der Waals surface area contributed by atoms with Crippen molar-refractivity contribution in [2.24, 2.45) is 5.73 Å². The first-order chi connectivity index (χ1) is 9.19. The minimum Gasteiger partial charge on any atom is -0.481 e. The molecule has 4 nitrogen and oxygen atoms in total. The summed E-state index contributed by atoms with van der Waals surface area (Å²) in [5.74, 6) is -0.693. The van der Waals surface area contributed by atoms with Gasteiger partial charge in [-0.05, 0) is 31.0 Å². The molecule has 0 fully saturated rings. The molecule has 0 saturated heterocycles. The number of carboxylic acid groups (broad SMARTS) is 1. The zero-order valence-corrected chi connectivity index (χ0v) is 11.4. The van der Waals surface area contributed by atoms with Gasteiger partial charge in [0.2, 0.25) is 0 Å². The number of hydrogen-bond donors (Lipinski definition) is 3. The van der Waals surface area contributed by atoms with Crippen LogP contribution >= 0.6 is 0 Å². The van der Waals surface area contributed by atoms with Crippen LogP contribution in [-0.4, -0.2) is 22.6 Å². The van der Waals surface area contributed by atoms with Crippen molar-refractivity contribution in [1.82, 2.24) is 4.98 Å². The predicted octanol–water partition coefficient (Wildman–Crippen LogP) is 2.93. The van der Waals surface area contributed by atoms with E-state index in [0.29, 0.717) is 13.0 Å². The molecule has 1 heterocycles. The van der Waals surface area contributed by atoms with Crippen LogP contribution in [0.4, 0.5) is 0 Å². The quantitative estimate of drug-likeness (QED) is 0.775. The number of nitrogens with two attached hydrogens (primary N) is 1. The number of benzene rings is 1. The van der Waals surface area contributed by atoms with Gasteiger partial charge in [-0.1, -0.05) is 31.5 Å². The Hall–Kier alpha value is -1.81. The van der Waals surface area contributed by atoms with Gasteiger partial charge in [0.15, 0.2) is 0 Å². The van der Waals surface area contributed by atoms with Gasteiger partial charge in [-0.2, -0.15) is 0 Å². The van der Waals surface area contributed by atoms with E-state index in [1.807, 2.05) is 19.2 Å². The second-order valence-corrected chi connectivity index (χ2v) is 4.40. The number of aromatic amines is 1. The Labute approximate surface area is 113 Å². The summed E-state index contributed by atoms with van der Waals surface area (Å²) >= 11 is 0. The van der Waals surface area contributed by atoms with E-state index in [4.69, 9.17) is 10.8 Å². The summed E-state index contributed by atoms with van der Waals surface area (Å²) in [4.78, 5) is 13.0. The summed E-state index contributed by atoms with van der Waals surface area (Å²) in [6.07, 6.45) is 5.07. The highest BCUT2D eigenvalue weighted by Gasteiger charge is 1.99. The van der Waals surface area contributed by atoms with Crippen LogP contribution in [0.1, 0.15) is 31.7 Å². The smallest absolute Gasteiger partial charge is 0.303 e. The molecule has 1 aromatic carbocycles. The first kappa shape index (κ1) is 15.2. The summed E-state index contributed by atoms with van der Waals surface area (Å²) in [6.45, 7) is 2.69. The maximum atomic E-state index is 9.76. The zero-order chi connectivity index (χ0) is 14.1. The van der Waals surface area contributed by atoms with E-state index in [-0.39, 0.29) is 0 Å². The number of aliphatic carboxylic acids is 1. The highest BCUT2D eigenvalue weighted by Crippen LogP contribution is 2.17. The van der Waals surface area contributed by atoms with E-state index < -0.39 is 5.97 Å². The highest BCUT2D eigenvalue weighted by molar-refractivity contribution is 5.83. The number of unbranched alkanes of at least 4 members (excludes halogenated alkanes) is 1. The number of hydrogen-bond acceptors (Lipinski definition) is 2. The Balaban J connectivity index is 0.000000224. The third-order valence-electron chi connectivity index (χ3n) is 2.83. The fourth-order valence-corrected chi connectivity index (χ4v) is 1.82. The molecule has 0 bridgehead atoms. The van der Waals surface area contributed by atoms with Crippen molar-refractivity contribution >= 4 is 16.9 Å². The SMILES string of the molecule is CCCCC(=O)O.NCCc1c[nH]c2ccccc12. The fraction of sp³-hybridized carbons (Fsp3) is 0.400. The molecule has 0 aliphatic heterocycles. The van der Waals surface area contributed by atoms with Gasteiger partial charge in [-0.3, -0.25) is 4.79 Å². The van der Waals surface area contributed by atoms with Gasteiger partial charge < -0.3 is 15.8 Å². The summed E-state index contributed by atoms with van der Waals surface area (Å²) < 4.78 is 0. The maximum Gasteiger partial charge on any atom is 0.303 e. The third-order valence-corrected chi connectivity index (χ3v) is 2.83. The molecule has 104 valence electrons. The fourth-order valence-electron chi connectivity index (χ4n) is 1.82. The largest absolute Gasteiger partial charge is 0.481 e. The van der Waals surface area contributed by atoms with Crippen molar-refractivity contribution in [1.29, 1.82) is 0 Å². The number of fused-ring (bicyclic) bond motifs is 1. The van der Waals surface area contributed by atoms with Crippen molar-refractivity contribution < 1.29 is 9.90 Å². The van der Waals surface area contributed by atoms with Crippen LogP contribution in [0.2, 0.25) is 0 Å². The average Bonchev–Trinajstić information content (AvgIpc) is 2.81. The number of para-hydroxylation sites is 1. The van der Waals surface area contributed by atoms with Gasteiger partial charge >= 0.3 is 5.97 Å². The number of carbonyl (C=O) groups is 1. The molecule has 0 amide bonds. The molecule has 4 N–H and O–H groups in total. The zero-order valence-electron chi connectivity index (χ0n) is 11.4. The molecule has 2 rings (SSSR count). The van der Waals surface area contributed by atoms with E-state index >= 15 is 0 Å². The minimum absolute atomic E-state index is 0.316. The standard InChI is InChI=1S/C10H12N2.C5H10O2/c11-6-5-8-7-12-10-4-2-1-3-9(8)10;1-2-3-4-5(6)7/h1-4,7,12H,5-6,11H2;2-4H2,1H3,(H,6,7). The van der Waals surface area contributed by atoms with Crippen LogP contribution in [0.15, 0.2) is 30.5 Å². The molecule has 19 heavy (non-hydrogen) atoms. The number of rotatable bonds is 5. The molecule has 0 aliphatic carbocycles. The third kappa shape index (κ3) is 5.14. The highest BCUT2D eigenvalue weighted by atomic mass is 16.4. The first-order valence-electron chi connectivity index (χ1n) is 6.65. The molecular weight excluding hydrogens is 240 g/mol. The number of aromatic nitrogens is 1. The van der Waals surface area contributed by atoms with E-state index in [0.717, 1.165) is 19.3 Å². The molecular formula is C15H22N2O2. The van der Waals surface area contributed by atoms with Gasteiger partial charge in [0.1, 0.15) is 0 Å². The van der Waals surface area contributed by atoms with Crippen molar-refractivity contribution in [2.45, 2.75) is 32.6 Å². The molecule has 4 heteroatoms. The number of H-pyrrole nitrogens is 1.